The van der Waals surface area contributed by atoms with Gasteiger partial charge in [-0.1, -0.05) is 31.0 Å². The van der Waals surface area contributed by atoms with Crippen molar-refractivity contribution in [1.29, 1.82) is 0 Å². The molecule has 2 aliphatic rings. The lowest BCUT2D eigenvalue weighted by atomic mass is 9.89. The summed E-state index contributed by atoms with van der Waals surface area (Å²) in [4.78, 5) is 12.0. The van der Waals surface area contributed by atoms with Crippen molar-refractivity contribution < 1.29 is 8.83 Å². The monoisotopic (exact) mass is 382 g/mol. The predicted octanol–water partition coefficient (Wildman–Crippen LogP) is 5.00. The second kappa shape index (κ2) is 7.15. The highest BCUT2D eigenvalue weighted by Crippen LogP contribution is 2.34. The van der Waals surface area contributed by atoms with Crippen molar-refractivity contribution in [1.82, 2.24) is 10.2 Å². The van der Waals surface area contributed by atoms with Crippen molar-refractivity contribution in [3.63, 3.8) is 0 Å². The van der Waals surface area contributed by atoms with Gasteiger partial charge in [-0.25, -0.2) is 4.79 Å². The Morgan fingerprint density at radius 2 is 1.78 bits per heavy atom. The number of hydrogen-bond acceptors (Lipinski definition) is 6. The Balaban J connectivity index is 1.38. The van der Waals surface area contributed by atoms with Gasteiger partial charge in [0.2, 0.25) is 5.89 Å². The van der Waals surface area contributed by atoms with Gasteiger partial charge in [-0.15, -0.1) is 10.2 Å². The summed E-state index contributed by atoms with van der Waals surface area (Å²) in [6.45, 7) is 0. The summed E-state index contributed by atoms with van der Waals surface area (Å²) in [6, 6.07) is 5.83. The molecule has 0 amide bonds. The maximum Gasteiger partial charge on any atom is 0.336 e. The second-order valence-electron chi connectivity index (χ2n) is 7.59. The van der Waals surface area contributed by atoms with Gasteiger partial charge in [-0.2, -0.15) is 0 Å². The fourth-order valence-electron chi connectivity index (χ4n) is 4.35. The van der Waals surface area contributed by atoms with Gasteiger partial charge in [0.25, 0.3) is 5.22 Å². The van der Waals surface area contributed by atoms with Crippen LogP contribution in [-0.2, 0) is 18.6 Å². The first-order valence-corrected chi connectivity index (χ1v) is 10.8. The first kappa shape index (κ1) is 17.0. The van der Waals surface area contributed by atoms with Crippen LogP contribution in [0.5, 0.6) is 0 Å². The highest BCUT2D eigenvalue weighted by molar-refractivity contribution is 7.98. The minimum absolute atomic E-state index is 0.301. The van der Waals surface area contributed by atoms with Crippen LogP contribution in [0, 0.1) is 0 Å². The molecular formula is C21H22N2O3S. The molecule has 2 aliphatic carbocycles. The molecule has 0 saturated heterocycles. The summed E-state index contributed by atoms with van der Waals surface area (Å²) in [6.07, 6.45) is 9.41. The maximum absolute atomic E-state index is 12.0. The van der Waals surface area contributed by atoms with Crippen LogP contribution in [0.2, 0.25) is 0 Å². The molecule has 6 heteroatoms. The summed E-state index contributed by atoms with van der Waals surface area (Å²) in [5.41, 5.74) is 4.04. The highest BCUT2D eigenvalue weighted by Gasteiger charge is 2.22. The molecule has 0 aliphatic heterocycles. The number of hydrogen-bond donors (Lipinski definition) is 0. The topological polar surface area (TPSA) is 69.1 Å². The molecule has 5 rings (SSSR count). The van der Waals surface area contributed by atoms with E-state index in [0.717, 1.165) is 42.5 Å². The summed E-state index contributed by atoms with van der Waals surface area (Å²) in [5.74, 6) is 1.80. The Kier molecular flexibility index (Phi) is 4.52. The lowest BCUT2D eigenvalue weighted by Gasteiger charge is -2.17. The van der Waals surface area contributed by atoms with Gasteiger partial charge in [0.05, 0.1) is 0 Å². The molecule has 0 spiro atoms. The number of rotatable bonds is 4. The minimum atomic E-state index is -0.301. The van der Waals surface area contributed by atoms with Gasteiger partial charge < -0.3 is 8.83 Å². The normalized spacial score (nSPS) is 17.5. The van der Waals surface area contributed by atoms with E-state index in [-0.39, 0.29) is 5.63 Å². The number of thioether (sulfide) groups is 1. The van der Waals surface area contributed by atoms with Crippen LogP contribution >= 0.6 is 11.8 Å². The molecule has 0 unspecified atom stereocenters. The lowest BCUT2D eigenvalue weighted by molar-refractivity contribution is 0.334. The number of aryl methyl sites for hydroxylation is 2. The standard InChI is InChI=1S/C21H22N2O3S/c24-19-11-16(17-9-14-7-4-8-15(14)10-18(17)25-19)12-27-21-23-22-20(26-21)13-5-2-1-3-6-13/h9-11,13H,1-8,12H2. The van der Waals surface area contributed by atoms with E-state index < -0.39 is 0 Å². The van der Waals surface area contributed by atoms with E-state index in [1.54, 1.807) is 6.07 Å². The number of aromatic nitrogens is 2. The second-order valence-corrected chi connectivity index (χ2v) is 8.52. The Morgan fingerprint density at radius 3 is 2.63 bits per heavy atom. The highest BCUT2D eigenvalue weighted by atomic mass is 32.2. The van der Waals surface area contributed by atoms with Gasteiger partial charge in [0, 0.05) is 23.1 Å². The quantitative estimate of drug-likeness (QED) is 0.467. The molecule has 140 valence electrons. The van der Waals surface area contributed by atoms with Gasteiger partial charge >= 0.3 is 5.63 Å². The predicted molar refractivity (Wildman–Crippen MR) is 104 cm³/mol. The van der Waals surface area contributed by atoms with E-state index in [9.17, 15) is 4.79 Å². The first-order chi connectivity index (χ1) is 13.3. The van der Waals surface area contributed by atoms with Crippen LogP contribution in [0.4, 0.5) is 0 Å². The van der Waals surface area contributed by atoms with E-state index in [2.05, 4.69) is 16.3 Å². The molecule has 1 saturated carbocycles. The molecule has 5 nitrogen and oxygen atoms in total. The van der Waals surface area contributed by atoms with Crippen LogP contribution in [-0.4, -0.2) is 10.2 Å². The van der Waals surface area contributed by atoms with E-state index in [4.69, 9.17) is 8.83 Å². The third-order valence-corrected chi connectivity index (χ3v) is 6.64. The zero-order valence-electron chi connectivity index (χ0n) is 15.2. The van der Waals surface area contributed by atoms with Gasteiger partial charge in [0.15, 0.2) is 0 Å². The zero-order valence-corrected chi connectivity index (χ0v) is 16.0. The molecule has 0 atom stereocenters. The summed E-state index contributed by atoms with van der Waals surface area (Å²) in [7, 11) is 0. The molecule has 1 aromatic carbocycles. The molecule has 0 radical (unpaired) electrons. The largest absolute Gasteiger partial charge is 0.423 e. The third kappa shape index (κ3) is 3.43. The van der Waals surface area contributed by atoms with Crippen molar-refractivity contribution in [3.05, 3.63) is 51.2 Å². The van der Waals surface area contributed by atoms with Crippen molar-refractivity contribution in [2.75, 3.05) is 0 Å². The zero-order chi connectivity index (χ0) is 18.2. The van der Waals surface area contributed by atoms with Crippen LogP contribution in [0.1, 0.15) is 67.0 Å². The van der Waals surface area contributed by atoms with Crippen molar-refractivity contribution >= 4 is 22.7 Å². The molecule has 1 fully saturated rings. The summed E-state index contributed by atoms with van der Waals surface area (Å²) >= 11 is 1.49. The number of nitrogens with zero attached hydrogens (tertiary/aromatic N) is 2. The van der Waals surface area contributed by atoms with Crippen molar-refractivity contribution in [2.45, 2.75) is 68.3 Å². The Labute approximate surface area is 161 Å². The van der Waals surface area contributed by atoms with Crippen molar-refractivity contribution in [3.8, 4) is 0 Å². The molecule has 2 aromatic heterocycles. The Hall–Kier alpha value is -2.08. The Morgan fingerprint density at radius 1 is 0.963 bits per heavy atom. The molecule has 2 heterocycles. The van der Waals surface area contributed by atoms with Crippen molar-refractivity contribution in [2.24, 2.45) is 0 Å². The number of fused-ring (bicyclic) bond motifs is 2. The average Bonchev–Trinajstić information content (AvgIpc) is 3.34. The van der Waals surface area contributed by atoms with Gasteiger partial charge in [-0.3, -0.25) is 0 Å². The van der Waals surface area contributed by atoms with Crippen LogP contribution in [0.25, 0.3) is 11.0 Å². The van der Waals surface area contributed by atoms with E-state index >= 15 is 0 Å². The lowest BCUT2D eigenvalue weighted by Crippen LogP contribution is -2.04. The molecule has 27 heavy (non-hydrogen) atoms. The molecule has 0 N–H and O–H groups in total. The minimum Gasteiger partial charge on any atom is -0.423 e. The van der Waals surface area contributed by atoms with E-state index in [1.165, 1.54) is 48.6 Å². The maximum atomic E-state index is 12.0. The third-order valence-electron chi connectivity index (χ3n) is 5.77. The fourth-order valence-corrected chi connectivity index (χ4v) is 5.11. The smallest absolute Gasteiger partial charge is 0.336 e. The van der Waals surface area contributed by atoms with Crippen LogP contribution < -0.4 is 5.63 Å². The fraction of sp³-hybridized carbons (Fsp3) is 0.476. The van der Waals surface area contributed by atoms with Crippen LogP contribution in [0.15, 0.2) is 37.1 Å². The van der Waals surface area contributed by atoms with Gasteiger partial charge in [-0.05, 0) is 60.9 Å². The van der Waals surface area contributed by atoms with Crippen LogP contribution in [0.3, 0.4) is 0 Å². The summed E-state index contributed by atoms with van der Waals surface area (Å²) in [5, 5.41) is 10.1. The molecule has 0 bridgehead atoms. The Bertz CT molecular complexity index is 1030. The van der Waals surface area contributed by atoms with E-state index in [1.807, 2.05) is 6.07 Å². The van der Waals surface area contributed by atoms with Gasteiger partial charge in [0.1, 0.15) is 5.58 Å². The summed E-state index contributed by atoms with van der Waals surface area (Å²) < 4.78 is 11.3. The van der Waals surface area contributed by atoms with E-state index in [0.29, 0.717) is 22.5 Å². The SMILES string of the molecule is O=c1cc(CSc2nnc(C3CCCCC3)o2)c2cc3c(cc2o1)CCC3. The first-order valence-electron chi connectivity index (χ1n) is 9.81. The average molecular weight is 382 g/mol. The molecule has 3 aromatic rings. The number of benzene rings is 1. The molecular weight excluding hydrogens is 360 g/mol.